The standard InChI is InChI=1S/C12H18N2O2/c15-12(16)11-5-3-9-14(11)10-4-8-13-6-1-2-7-13/h3,5,9H,1-2,4,6-8,10H2,(H,15,16). The van der Waals surface area contributed by atoms with Crippen molar-refractivity contribution in [2.24, 2.45) is 0 Å². The van der Waals surface area contributed by atoms with Crippen LogP contribution in [0, 0.1) is 0 Å². The Morgan fingerprint density at radius 2 is 2.06 bits per heavy atom. The summed E-state index contributed by atoms with van der Waals surface area (Å²) in [7, 11) is 0. The quantitative estimate of drug-likeness (QED) is 0.824. The number of carboxylic acid groups (broad SMARTS) is 1. The highest BCUT2D eigenvalue weighted by atomic mass is 16.4. The lowest BCUT2D eigenvalue weighted by Crippen LogP contribution is -2.22. The predicted octanol–water partition coefficient (Wildman–Crippen LogP) is 1.67. The van der Waals surface area contributed by atoms with Gasteiger partial charge in [0.05, 0.1) is 0 Å². The summed E-state index contributed by atoms with van der Waals surface area (Å²) in [5.74, 6) is -0.842. The summed E-state index contributed by atoms with van der Waals surface area (Å²) in [5.41, 5.74) is 0.390. The van der Waals surface area contributed by atoms with E-state index >= 15 is 0 Å². The lowest BCUT2D eigenvalue weighted by molar-refractivity contribution is 0.0684. The Bertz CT molecular complexity index is 354. The number of aryl methyl sites for hydroxylation is 1. The van der Waals surface area contributed by atoms with Crippen molar-refractivity contribution in [1.82, 2.24) is 9.47 Å². The first-order chi connectivity index (χ1) is 7.77. The van der Waals surface area contributed by atoms with Crippen LogP contribution in [-0.2, 0) is 6.54 Å². The summed E-state index contributed by atoms with van der Waals surface area (Å²) >= 11 is 0. The second kappa shape index (κ2) is 5.16. The molecule has 1 aromatic heterocycles. The average molecular weight is 222 g/mol. The van der Waals surface area contributed by atoms with E-state index in [1.807, 2.05) is 10.8 Å². The molecule has 1 aliphatic heterocycles. The van der Waals surface area contributed by atoms with Crippen LogP contribution >= 0.6 is 0 Å². The minimum Gasteiger partial charge on any atom is -0.477 e. The van der Waals surface area contributed by atoms with Gasteiger partial charge in [0.15, 0.2) is 0 Å². The second-order valence-electron chi connectivity index (χ2n) is 4.29. The van der Waals surface area contributed by atoms with Crippen molar-refractivity contribution in [2.75, 3.05) is 19.6 Å². The van der Waals surface area contributed by atoms with Crippen LogP contribution in [0.25, 0.3) is 0 Å². The zero-order chi connectivity index (χ0) is 11.4. The molecule has 1 aromatic rings. The van der Waals surface area contributed by atoms with Crippen LogP contribution in [0.4, 0.5) is 0 Å². The largest absolute Gasteiger partial charge is 0.477 e. The van der Waals surface area contributed by atoms with Crippen LogP contribution < -0.4 is 0 Å². The van der Waals surface area contributed by atoms with Crippen molar-refractivity contribution < 1.29 is 9.90 Å². The van der Waals surface area contributed by atoms with Crippen molar-refractivity contribution in [3.8, 4) is 0 Å². The van der Waals surface area contributed by atoms with E-state index in [9.17, 15) is 4.79 Å². The lowest BCUT2D eigenvalue weighted by atomic mass is 10.3. The van der Waals surface area contributed by atoms with Crippen LogP contribution in [0.15, 0.2) is 18.3 Å². The Kier molecular flexibility index (Phi) is 3.62. The van der Waals surface area contributed by atoms with E-state index in [0.29, 0.717) is 5.69 Å². The fourth-order valence-corrected chi connectivity index (χ4v) is 2.27. The van der Waals surface area contributed by atoms with E-state index in [0.717, 1.165) is 19.5 Å². The molecule has 0 unspecified atom stereocenters. The highest BCUT2D eigenvalue weighted by Gasteiger charge is 2.12. The van der Waals surface area contributed by atoms with Crippen molar-refractivity contribution in [3.63, 3.8) is 0 Å². The molecule has 1 fully saturated rings. The third-order valence-corrected chi connectivity index (χ3v) is 3.12. The number of hydrogen-bond acceptors (Lipinski definition) is 2. The first-order valence-corrected chi connectivity index (χ1v) is 5.88. The number of aromatic nitrogens is 1. The number of nitrogens with zero attached hydrogens (tertiary/aromatic N) is 2. The van der Waals surface area contributed by atoms with E-state index in [4.69, 9.17) is 5.11 Å². The maximum absolute atomic E-state index is 10.9. The minimum absolute atomic E-state index is 0.390. The van der Waals surface area contributed by atoms with Gasteiger partial charge < -0.3 is 14.6 Å². The molecule has 0 radical (unpaired) electrons. The Morgan fingerprint density at radius 1 is 1.31 bits per heavy atom. The number of carbonyl (C=O) groups is 1. The van der Waals surface area contributed by atoms with Gasteiger partial charge in [0.1, 0.15) is 5.69 Å². The van der Waals surface area contributed by atoms with Crippen molar-refractivity contribution >= 4 is 5.97 Å². The highest BCUT2D eigenvalue weighted by Crippen LogP contribution is 2.09. The molecular formula is C12H18N2O2. The maximum atomic E-state index is 10.9. The SMILES string of the molecule is O=C(O)c1cccn1CCCN1CCCC1. The summed E-state index contributed by atoms with van der Waals surface area (Å²) in [4.78, 5) is 13.3. The third-order valence-electron chi connectivity index (χ3n) is 3.12. The molecule has 4 nitrogen and oxygen atoms in total. The molecule has 0 saturated carbocycles. The van der Waals surface area contributed by atoms with Crippen LogP contribution in [0.2, 0.25) is 0 Å². The van der Waals surface area contributed by atoms with E-state index in [2.05, 4.69) is 4.90 Å². The molecule has 2 heterocycles. The van der Waals surface area contributed by atoms with Crippen LogP contribution in [0.1, 0.15) is 29.8 Å². The number of likely N-dealkylation sites (tertiary alicyclic amines) is 1. The summed E-state index contributed by atoms with van der Waals surface area (Å²) in [5, 5.41) is 8.93. The first-order valence-electron chi connectivity index (χ1n) is 5.88. The molecule has 0 amide bonds. The average Bonchev–Trinajstić information content (AvgIpc) is 2.87. The van der Waals surface area contributed by atoms with Crippen molar-refractivity contribution in [3.05, 3.63) is 24.0 Å². The van der Waals surface area contributed by atoms with E-state index < -0.39 is 5.97 Å². The molecule has 1 saturated heterocycles. The fourth-order valence-electron chi connectivity index (χ4n) is 2.27. The maximum Gasteiger partial charge on any atom is 0.352 e. The zero-order valence-electron chi connectivity index (χ0n) is 9.43. The molecule has 0 aromatic carbocycles. The highest BCUT2D eigenvalue weighted by molar-refractivity contribution is 5.85. The summed E-state index contributed by atoms with van der Waals surface area (Å²) in [6.07, 6.45) is 5.48. The topological polar surface area (TPSA) is 45.5 Å². The van der Waals surface area contributed by atoms with Crippen molar-refractivity contribution in [2.45, 2.75) is 25.8 Å². The predicted molar refractivity (Wildman–Crippen MR) is 61.7 cm³/mol. The summed E-state index contributed by atoms with van der Waals surface area (Å²) in [6.45, 7) is 4.29. The van der Waals surface area contributed by atoms with Gasteiger partial charge in [-0.15, -0.1) is 0 Å². The number of rotatable bonds is 5. The number of aromatic carboxylic acids is 1. The molecule has 88 valence electrons. The Balaban J connectivity index is 1.80. The Labute approximate surface area is 95.5 Å². The van der Waals surface area contributed by atoms with Gasteiger partial charge in [-0.2, -0.15) is 0 Å². The van der Waals surface area contributed by atoms with Gasteiger partial charge in [-0.3, -0.25) is 0 Å². The Morgan fingerprint density at radius 3 is 2.75 bits per heavy atom. The molecule has 0 bridgehead atoms. The van der Waals surface area contributed by atoms with Crippen LogP contribution in [0.5, 0.6) is 0 Å². The van der Waals surface area contributed by atoms with E-state index in [1.54, 1.807) is 12.1 Å². The zero-order valence-corrected chi connectivity index (χ0v) is 9.43. The molecule has 4 heteroatoms. The summed E-state index contributed by atoms with van der Waals surface area (Å²) < 4.78 is 1.82. The van der Waals surface area contributed by atoms with E-state index in [-0.39, 0.29) is 0 Å². The van der Waals surface area contributed by atoms with Crippen LogP contribution in [-0.4, -0.2) is 40.2 Å². The van der Waals surface area contributed by atoms with Crippen molar-refractivity contribution in [1.29, 1.82) is 0 Å². The number of carboxylic acids is 1. The first kappa shape index (κ1) is 11.2. The monoisotopic (exact) mass is 222 g/mol. The molecule has 0 atom stereocenters. The molecule has 1 aliphatic rings. The minimum atomic E-state index is -0.842. The number of hydrogen-bond donors (Lipinski definition) is 1. The third kappa shape index (κ3) is 2.64. The smallest absolute Gasteiger partial charge is 0.352 e. The summed E-state index contributed by atoms with van der Waals surface area (Å²) in [6, 6.07) is 3.44. The van der Waals surface area contributed by atoms with Gasteiger partial charge in [-0.25, -0.2) is 4.79 Å². The molecule has 0 spiro atoms. The van der Waals surface area contributed by atoms with Gasteiger partial charge in [0.2, 0.25) is 0 Å². The second-order valence-corrected chi connectivity index (χ2v) is 4.29. The van der Waals surface area contributed by atoms with E-state index in [1.165, 1.54) is 25.9 Å². The molecule has 16 heavy (non-hydrogen) atoms. The molecule has 1 N–H and O–H groups in total. The molecule has 2 rings (SSSR count). The van der Waals surface area contributed by atoms with Crippen LogP contribution in [0.3, 0.4) is 0 Å². The lowest BCUT2D eigenvalue weighted by Gasteiger charge is -2.14. The van der Waals surface area contributed by atoms with Gasteiger partial charge in [-0.1, -0.05) is 0 Å². The molecule has 0 aliphatic carbocycles. The van der Waals surface area contributed by atoms with Gasteiger partial charge in [0.25, 0.3) is 0 Å². The Hall–Kier alpha value is -1.29. The molecular weight excluding hydrogens is 204 g/mol. The van der Waals surface area contributed by atoms with Gasteiger partial charge in [-0.05, 0) is 51.0 Å². The fraction of sp³-hybridized carbons (Fsp3) is 0.583. The normalized spacial score (nSPS) is 16.8. The van der Waals surface area contributed by atoms with Gasteiger partial charge >= 0.3 is 5.97 Å². The van der Waals surface area contributed by atoms with Gasteiger partial charge in [0, 0.05) is 12.7 Å².